The van der Waals surface area contributed by atoms with E-state index in [2.05, 4.69) is 26.2 Å². The summed E-state index contributed by atoms with van der Waals surface area (Å²) in [4.78, 5) is 17.7. The summed E-state index contributed by atoms with van der Waals surface area (Å²) in [5.41, 5.74) is 4.92. The maximum atomic E-state index is 12.5. The van der Waals surface area contributed by atoms with Crippen LogP contribution in [0, 0.1) is 13.8 Å². The molecule has 0 spiro atoms. The number of hydrogen-bond acceptors (Lipinski definition) is 5. The van der Waals surface area contributed by atoms with E-state index in [1.54, 1.807) is 7.11 Å². The summed E-state index contributed by atoms with van der Waals surface area (Å²) >= 11 is 4.88. The highest BCUT2D eigenvalue weighted by Gasteiger charge is 2.24. The van der Waals surface area contributed by atoms with Crippen LogP contribution in [0.5, 0.6) is 11.5 Å². The molecule has 4 rings (SSSR count). The molecule has 0 bridgehead atoms. The molecule has 5 nitrogen and oxygen atoms in total. The van der Waals surface area contributed by atoms with E-state index in [9.17, 15) is 4.79 Å². The fourth-order valence-electron chi connectivity index (χ4n) is 3.37. The van der Waals surface area contributed by atoms with Crippen LogP contribution in [-0.2, 0) is 11.4 Å². The molecule has 7 heteroatoms. The van der Waals surface area contributed by atoms with Crippen molar-refractivity contribution in [1.29, 1.82) is 0 Å². The van der Waals surface area contributed by atoms with Crippen molar-refractivity contribution in [2.45, 2.75) is 20.5 Å². The highest BCUT2D eigenvalue weighted by molar-refractivity contribution is 9.10. The topological polar surface area (TPSA) is 59.9 Å². The van der Waals surface area contributed by atoms with E-state index in [0.717, 1.165) is 32.4 Å². The minimum Gasteiger partial charge on any atom is -0.493 e. The molecule has 0 aliphatic carbocycles. The van der Waals surface area contributed by atoms with Crippen molar-refractivity contribution in [3.8, 4) is 11.5 Å². The van der Waals surface area contributed by atoms with Crippen LogP contribution in [0.15, 0.2) is 75.0 Å². The Morgan fingerprint density at radius 2 is 1.76 bits per heavy atom. The van der Waals surface area contributed by atoms with Crippen molar-refractivity contribution in [3.05, 3.63) is 92.3 Å². The van der Waals surface area contributed by atoms with E-state index in [1.165, 1.54) is 11.8 Å². The molecule has 1 fully saturated rings. The summed E-state index contributed by atoms with van der Waals surface area (Å²) in [6.45, 7) is 4.49. The van der Waals surface area contributed by atoms with Crippen molar-refractivity contribution < 1.29 is 14.3 Å². The zero-order valence-electron chi connectivity index (χ0n) is 18.5. The Morgan fingerprint density at radius 3 is 2.45 bits per heavy atom. The van der Waals surface area contributed by atoms with Gasteiger partial charge in [-0.15, -0.1) is 0 Å². The summed E-state index contributed by atoms with van der Waals surface area (Å²) in [6.07, 6.45) is 1.82. The third kappa shape index (κ3) is 5.67. The van der Waals surface area contributed by atoms with Gasteiger partial charge in [-0.05, 0) is 78.2 Å². The predicted molar refractivity (Wildman–Crippen MR) is 138 cm³/mol. The molecular weight excluding hydrogens is 500 g/mol. The number of hydrogen-bond donors (Lipinski definition) is 1. The first-order valence-corrected chi connectivity index (χ1v) is 11.9. The highest BCUT2D eigenvalue weighted by Crippen LogP contribution is 2.33. The van der Waals surface area contributed by atoms with Gasteiger partial charge >= 0.3 is 0 Å². The van der Waals surface area contributed by atoms with Crippen LogP contribution >= 0.6 is 27.7 Å². The van der Waals surface area contributed by atoms with Crippen LogP contribution < -0.4 is 14.8 Å². The van der Waals surface area contributed by atoms with Gasteiger partial charge < -0.3 is 14.8 Å². The molecule has 1 amide bonds. The first-order valence-electron chi connectivity index (χ1n) is 10.3. The van der Waals surface area contributed by atoms with Crippen molar-refractivity contribution in [2.75, 3.05) is 7.11 Å². The minimum atomic E-state index is -0.173. The molecule has 1 aliphatic rings. The second kappa shape index (κ2) is 10.3. The summed E-state index contributed by atoms with van der Waals surface area (Å²) in [5, 5.41) is 3.40. The maximum Gasteiger partial charge on any atom is 0.264 e. The smallest absolute Gasteiger partial charge is 0.264 e. The molecular formula is C26H23BrN2O3S. The molecule has 1 N–H and O–H groups in total. The zero-order chi connectivity index (χ0) is 23.4. The maximum absolute atomic E-state index is 12.5. The number of amides is 1. The zero-order valence-corrected chi connectivity index (χ0v) is 20.9. The second-order valence-electron chi connectivity index (χ2n) is 7.56. The van der Waals surface area contributed by atoms with Gasteiger partial charge in [0.05, 0.1) is 17.7 Å². The number of halogens is 1. The van der Waals surface area contributed by atoms with Crippen molar-refractivity contribution in [1.82, 2.24) is 5.32 Å². The number of ether oxygens (including phenoxy) is 2. The predicted octanol–water partition coefficient (Wildman–Crippen LogP) is 6.55. The number of methoxy groups -OCH3 is 1. The average Bonchev–Trinajstić information content (AvgIpc) is 3.15. The van der Waals surface area contributed by atoms with E-state index in [4.69, 9.17) is 9.47 Å². The van der Waals surface area contributed by atoms with E-state index >= 15 is 0 Å². The Labute approximate surface area is 206 Å². The Kier molecular flexibility index (Phi) is 7.20. The number of amidine groups is 1. The molecule has 1 aliphatic heterocycles. The SMILES string of the molecule is COc1cc(/C=C2\SC(=Nc3cc(C)c(Br)c(C)c3)NC2=O)ccc1OCc1ccccc1. The third-order valence-corrected chi connectivity index (χ3v) is 7.19. The summed E-state index contributed by atoms with van der Waals surface area (Å²) in [5.74, 6) is 1.08. The van der Waals surface area contributed by atoms with Gasteiger partial charge in [0, 0.05) is 4.47 Å². The quantitative estimate of drug-likeness (QED) is 0.373. The average molecular weight is 523 g/mol. The van der Waals surface area contributed by atoms with Crippen LogP contribution in [0.25, 0.3) is 6.08 Å². The van der Waals surface area contributed by atoms with Gasteiger partial charge in [0.15, 0.2) is 16.7 Å². The number of nitrogens with zero attached hydrogens (tertiary/aromatic N) is 1. The Hall–Kier alpha value is -3.03. The fraction of sp³-hybridized carbons (Fsp3) is 0.154. The number of thioether (sulfide) groups is 1. The molecule has 1 heterocycles. The number of benzene rings is 3. The van der Waals surface area contributed by atoms with Crippen LogP contribution in [0.2, 0.25) is 0 Å². The molecule has 0 radical (unpaired) electrons. The van der Waals surface area contributed by atoms with Crippen LogP contribution in [0.4, 0.5) is 5.69 Å². The number of rotatable bonds is 6. The Balaban J connectivity index is 1.50. The first-order chi connectivity index (χ1) is 15.9. The van der Waals surface area contributed by atoms with Gasteiger partial charge in [0.1, 0.15) is 6.61 Å². The van der Waals surface area contributed by atoms with Gasteiger partial charge in [-0.25, -0.2) is 4.99 Å². The summed E-state index contributed by atoms with van der Waals surface area (Å²) in [7, 11) is 1.60. The monoisotopic (exact) mass is 522 g/mol. The number of carbonyl (C=O) groups is 1. The second-order valence-corrected chi connectivity index (χ2v) is 9.38. The van der Waals surface area contributed by atoms with Gasteiger partial charge in [0.25, 0.3) is 5.91 Å². The largest absolute Gasteiger partial charge is 0.493 e. The summed E-state index contributed by atoms with van der Waals surface area (Å²) < 4.78 is 12.5. The van der Waals surface area contributed by atoms with Gasteiger partial charge in [-0.1, -0.05) is 52.3 Å². The molecule has 0 saturated carbocycles. The number of aliphatic imine (C=N–C) groups is 1. The molecule has 1 saturated heterocycles. The minimum absolute atomic E-state index is 0.173. The molecule has 0 unspecified atom stereocenters. The number of nitrogens with one attached hydrogen (secondary N) is 1. The molecule has 168 valence electrons. The van der Waals surface area contributed by atoms with Crippen molar-refractivity contribution in [3.63, 3.8) is 0 Å². The van der Waals surface area contributed by atoms with E-state index in [1.807, 2.05) is 80.6 Å². The first kappa shape index (κ1) is 23.1. The Morgan fingerprint density at radius 1 is 1.03 bits per heavy atom. The van der Waals surface area contributed by atoms with E-state index in [0.29, 0.717) is 28.2 Å². The summed E-state index contributed by atoms with van der Waals surface area (Å²) in [6, 6.07) is 19.5. The lowest BCUT2D eigenvalue weighted by Gasteiger charge is -2.11. The van der Waals surface area contributed by atoms with E-state index in [-0.39, 0.29) is 5.91 Å². The van der Waals surface area contributed by atoms with Gasteiger partial charge in [-0.3, -0.25) is 4.79 Å². The van der Waals surface area contributed by atoms with Crippen LogP contribution in [0.1, 0.15) is 22.3 Å². The molecule has 0 aromatic heterocycles. The lowest BCUT2D eigenvalue weighted by molar-refractivity contribution is -0.115. The number of carbonyl (C=O) groups excluding carboxylic acids is 1. The number of aryl methyl sites for hydroxylation is 2. The molecule has 3 aromatic rings. The van der Waals surface area contributed by atoms with E-state index < -0.39 is 0 Å². The van der Waals surface area contributed by atoms with Gasteiger partial charge in [0.2, 0.25) is 0 Å². The van der Waals surface area contributed by atoms with Crippen molar-refractivity contribution >= 4 is 50.5 Å². The molecule has 3 aromatic carbocycles. The third-order valence-electron chi connectivity index (χ3n) is 5.03. The molecule has 33 heavy (non-hydrogen) atoms. The van der Waals surface area contributed by atoms with Crippen molar-refractivity contribution in [2.24, 2.45) is 4.99 Å². The van der Waals surface area contributed by atoms with Crippen LogP contribution in [-0.4, -0.2) is 18.2 Å². The molecule has 0 atom stereocenters. The standard InChI is InChI=1S/C26H23BrN2O3S/c1-16-11-20(12-17(2)24(16)27)28-26-29-25(30)23(33-26)14-19-9-10-21(22(13-19)31-3)32-15-18-7-5-4-6-8-18/h4-14H,15H2,1-3H3,(H,28,29,30)/b23-14-. The van der Waals surface area contributed by atoms with Crippen LogP contribution in [0.3, 0.4) is 0 Å². The highest BCUT2D eigenvalue weighted by atomic mass is 79.9. The van der Waals surface area contributed by atoms with Gasteiger partial charge in [-0.2, -0.15) is 0 Å². The lowest BCUT2D eigenvalue weighted by Crippen LogP contribution is -2.19. The normalized spacial score (nSPS) is 15.7. The Bertz CT molecular complexity index is 1230. The fourth-order valence-corrected chi connectivity index (χ4v) is 4.44. The lowest BCUT2D eigenvalue weighted by atomic mass is 10.1.